The fourth-order valence-electron chi connectivity index (χ4n) is 3.11. The lowest BCUT2D eigenvalue weighted by atomic mass is 10.2. The summed E-state index contributed by atoms with van der Waals surface area (Å²) >= 11 is 0. The molecule has 1 aromatic heterocycles. The van der Waals surface area contributed by atoms with E-state index in [9.17, 15) is 31.2 Å². The van der Waals surface area contributed by atoms with Crippen LogP contribution in [0, 0.1) is 6.92 Å². The number of amides is 1. The first-order valence-corrected chi connectivity index (χ1v) is 11.3. The number of carbonyl (C=O) groups is 2. The third kappa shape index (κ3) is 5.51. The van der Waals surface area contributed by atoms with Crippen molar-refractivity contribution >= 4 is 27.5 Å². The number of likely N-dealkylation sites (N-methyl/N-ethyl adjacent to an activating group) is 1. The van der Waals surface area contributed by atoms with Gasteiger partial charge in [0.25, 0.3) is 0 Å². The van der Waals surface area contributed by atoms with Gasteiger partial charge < -0.3 is 5.32 Å². The van der Waals surface area contributed by atoms with E-state index in [4.69, 9.17) is 0 Å². The zero-order valence-electron chi connectivity index (χ0n) is 18.4. The first-order chi connectivity index (χ1) is 15.8. The highest BCUT2D eigenvalue weighted by Crippen LogP contribution is 2.31. The van der Waals surface area contributed by atoms with Crippen LogP contribution >= 0.6 is 0 Å². The monoisotopic (exact) mass is 494 g/mol. The molecular weight excluding hydrogens is 473 g/mol. The van der Waals surface area contributed by atoms with Crippen LogP contribution in [0.4, 0.5) is 19.0 Å². The Kier molecular flexibility index (Phi) is 6.94. The number of halogens is 3. The first-order valence-electron chi connectivity index (χ1n) is 9.90. The number of rotatable bonds is 7. The average Bonchev–Trinajstić information content (AvgIpc) is 3.13. The summed E-state index contributed by atoms with van der Waals surface area (Å²) in [7, 11) is -2.82. The summed E-state index contributed by atoms with van der Waals surface area (Å²) in [5.74, 6) is -0.859. The fraction of sp³-hybridized carbons (Fsp3) is 0.227. The van der Waals surface area contributed by atoms with Crippen molar-refractivity contribution in [2.24, 2.45) is 0 Å². The van der Waals surface area contributed by atoms with Crippen molar-refractivity contribution in [1.29, 1.82) is 0 Å². The Bertz CT molecular complexity index is 1330. The molecule has 1 N–H and O–H groups in total. The minimum atomic E-state index is -4.55. The molecule has 1 heterocycles. The molecule has 0 aliphatic heterocycles. The highest BCUT2D eigenvalue weighted by Gasteiger charge is 2.31. The summed E-state index contributed by atoms with van der Waals surface area (Å²) in [6, 6.07) is 11.2. The number of carbonyl (C=O) groups excluding carboxylic acids is 2. The van der Waals surface area contributed by atoms with E-state index in [2.05, 4.69) is 10.4 Å². The summed E-state index contributed by atoms with van der Waals surface area (Å²) in [5, 5.41) is 6.63. The molecule has 0 aliphatic rings. The van der Waals surface area contributed by atoms with E-state index in [1.807, 2.05) is 0 Å². The number of Topliss-reactive ketones (excluding diaryl/α,β-unsaturated/α-hetero) is 1. The van der Waals surface area contributed by atoms with Gasteiger partial charge in [-0.15, -0.1) is 0 Å². The van der Waals surface area contributed by atoms with E-state index in [1.165, 1.54) is 56.4 Å². The Morgan fingerprint density at radius 2 is 1.74 bits per heavy atom. The number of ketones is 1. The van der Waals surface area contributed by atoms with E-state index in [0.29, 0.717) is 11.3 Å². The fourth-order valence-corrected chi connectivity index (χ4v) is 4.24. The molecule has 0 saturated heterocycles. The normalized spacial score (nSPS) is 12.1. The number of aryl methyl sites for hydroxylation is 1. The third-order valence-electron chi connectivity index (χ3n) is 4.85. The number of benzene rings is 2. The van der Waals surface area contributed by atoms with Crippen molar-refractivity contribution in [3.05, 3.63) is 71.4 Å². The highest BCUT2D eigenvalue weighted by atomic mass is 32.2. The zero-order valence-corrected chi connectivity index (χ0v) is 19.2. The Morgan fingerprint density at radius 3 is 2.32 bits per heavy atom. The summed E-state index contributed by atoms with van der Waals surface area (Å²) in [6.07, 6.45) is -4.55. The number of alkyl halides is 3. The number of aromatic nitrogens is 2. The van der Waals surface area contributed by atoms with Gasteiger partial charge in [0.05, 0.1) is 28.4 Å². The molecular formula is C22H21F3N4O4S. The summed E-state index contributed by atoms with van der Waals surface area (Å²) in [6.45, 7) is 2.39. The van der Waals surface area contributed by atoms with Crippen LogP contribution in [-0.2, 0) is 21.0 Å². The van der Waals surface area contributed by atoms with Gasteiger partial charge in [0.15, 0.2) is 5.78 Å². The van der Waals surface area contributed by atoms with E-state index in [1.54, 1.807) is 6.92 Å². The van der Waals surface area contributed by atoms with Crippen molar-refractivity contribution in [2.45, 2.75) is 24.9 Å². The van der Waals surface area contributed by atoms with Crippen LogP contribution in [0.5, 0.6) is 0 Å². The molecule has 180 valence electrons. The molecule has 0 spiro atoms. The highest BCUT2D eigenvalue weighted by molar-refractivity contribution is 7.89. The molecule has 2 aromatic carbocycles. The van der Waals surface area contributed by atoms with E-state index in [-0.39, 0.29) is 22.2 Å². The maximum absolute atomic E-state index is 13.1. The van der Waals surface area contributed by atoms with Crippen molar-refractivity contribution in [1.82, 2.24) is 14.1 Å². The molecule has 0 atom stereocenters. The van der Waals surface area contributed by atoms with E-state index >= 15 is 0 Å². The standard InChI is InChI=1S/C22H21F3N4O4S/c1-14-11-20(29(27-14)18-6-4-5-17(12-18)22(23,24)25)26-21(31)13-28(3)34(32,33)19-9-7-16(8-10-19)15(2)30/h4-12H,13H2,1-3H3,(H,26,31). The minimum Gasteiger partial charge on any atom is -0.309 e. The van der Waals surface area contributed by atoms with Gasteiger partial charge in [-0.1, -0.05) is 18.2 Å². The van der Waals surface area contributed by atoms with Gasteiger partial charge in [0.2, 0.25) is 15.9 Å². The van der Waals surface area contributed by atoms with Gasteiger partial charge in [-0.2, -0.15) is 22.6 Å². The van der Waals surface area contributed by atoms with Gasteiger partial charge in [-0.05, 0) is 44.2 Å². The number of nitrogens with one attached hydrogen (secondary N) is 1. The number of hydrogen-bond donors (Lipinski definition) is 1. The lowest BCUT2D eigenvalue weighted by Crippen LogP contribution is -2.35. The quantitative estimate of drug-likeness (QED) is 0.505. The first kappa shape index (κ1) is 25.1. The Morgan fingerprint density at radius 1 is 1.09 bits per heavy atom. The maximum atomic E-state index is 13.1. The second kappa shape index (κ2) is 9.39. The average molecular weight is 494 g/mol. The Hall–Kier alpha value is -3.51. The summed E-state index contributed by atoms with van der Waals surface area (Å²) in [4.78, 5) is 23.9. The lowest BCUT2D eigenvalue weighted by Gasteiger charge is -2.17. The molecule has 0 radical (unpaired) electrons. The SMILES string of the molecule is CC(=O)c1ccc(S(=O)(=O)N(C)CC(=O)Nc2cc(C)nn2-c2cccc(C(F)(F)F)c2)cc1. The van der Waals surface area contributed by atoms with Crippen LogP contribution in [0.2, 0.25) is 0 Å². The van der Waals surface area contributed by atoms with Crippen molar-refractivity contribution in [2.75, 3.05) is 18.9 Å². The molecule has 34 heavy (non-hydrogen) atoms. The molecule has 8 nitrogen and oxygen atoms in total. The molecule has 3 aromatic rings. The van der Waals surface area contributed by atoms with Gasteiger partial charge >= 0.3 is 6.18 Å². The Labute approximate surface area is 194 Å². The lowest BCUT2D eigenvalue weighted by molar-refractivity contribution is -0.137. The molecule has 0 bridgehead atoms. The minimum absolute atomic E-state index is 0.0739. The summed E-state index contributed by atoms with van der Waals surface area (Å²) in [5.41, 5.74) is -0.0290. The van der Waals surface area contributed by atoms with E-state index in [0.717, 1.165) is 21.1 Å². The molecule has 0 unspecified atom stereocenters. The van der Waals surface area contributed by atoms with Crippen molar-refractivity contribution in [3.8, 4) is 5.69 Å². The molecule has 12 heteroatoms. The Balaban J connectivity index is 1.79. The number of anilines is 1. The van der Waals surface area contributed by atoms with Crippen molar-refractivity contribution < 1.29 is 31.2 Å². The van der Waals surface area contributed by atoms with Gasteiger partial charge in [-0.25, -0.2) is 13.1 Å². The summed E-state index contributed by atoms with van der Waals surface area (Å²) < 4.78 is 66.7. The predicted octanol–water partition coefficient (Wildman–Crippen LogP) is 3.66. The zero-order chi connectivity index (χ0) is 25.3. The van der Waals surface area contributed by atoms with Crippen LogP contribution in [0.3, 0.4) is 0 Å². The van der Waals surface area contributed by atoms with Crippen molar-refractivity contribution in [3.63, 3.8) is 0 Å². The topological polar surface area (TPSA) is 101 Å². The van der Waals surface area contributed by atoms with Crippen LogP contribution in [0.1, 0.15) is 28.5 Å². The van der Waals surface area contributed by atoms with Gasteiger partial charge in [-0.3, -0.25) is 9.59 Å². The number of hydrogen-bond acceptors (Lipinski definition) is 5. The third-order valence-corrected chi connectivity index (χ3v) is 6.67. The van der Waals surface area contributed by atoms with E-state index < -0.39 is 34.2 Å². The second-order valence-electron chi connectivity index (χ2n) is 7.52. The smallest absolute Gasteiger partial charge is 0.309 e. The number of sulfonamides is 1. The second-order valence-corrected chi connectivity index (χ2v) is 9.57. The number of nitrogens with zero attached hydrogens (tertiary/aromatic N) is 3. The molecule has 0 saturated carbocycles. The van der Waals surface area contributed by atoms with Gasteiger partial charge in [0, 0.05) is 18.7 Å². The van der Waals surface area contributed by atoms with Crippen LogP contribution in [-0.4, -0.2) is 47.8 Å². The maximum Gasteiger partial charge on any atom is 0.416 e. The van der Waals surface area contributed by atoms with Crippen LogP contribution < -0.4 is 5.32 Å². The predicted molar refractivity (Wildman–Crippen MR) is 118 cm³/mol. The largest absolute Gasteiger partial charge is 0.416 e. The molecule has 3 rings (SSSR count). The van der Waals surface area contributed by atoms with Crippen LogP contribution in [0.25, 0.3) is 5.69 Å². The van der Waals surface area contributed by atoms with Crippen LogP contribution in [0.15, 0.2) is 59.5 Å². The van der Waals surface area contributed by atoms with Gasteiger partial charge in [0.1, 0.15) is 5.82 Å². The molecule has 0 fully saturated rings. The molecule has 0 aliphatic carbocycles. The molecule has 1 amide bonds.